The van der Waals surface area contributed by atoms with Crippen molar-refractivity contribution < 1.29 is 0 Å². The molecule has 0 fully saturated rings. The van der Waals surface area contributed by atoms with Crippen molar-refractivity contribution >= 4 is 11.6 Å². The predicted octanol–water partition coefficient (Wildman–Crippen LogP) is 3.12. The van der Waals surface area contributed by atoms with Crippen molar-refractivity contribution in [3.8, 4) is 5.69 Å². The molecule has 4 heteroatoms. The Balaban J connectivity index is 2.18. The molecule has 0 unspecified atom stereocenters. The molecule has 18 heavy (non-hydrogen) atoms. The van der Waals surface area contributed by atoms with Crippen LogP contribution < -0.4 is 5.73 Å². The first-order chi connectivity index (χ1) is 8.72. The van der Waals surface area contributed by atoms with E-state index in [4.69, 9.17) is 17.3 Å². The van der Waals surface area contributed by atoms with Crippen LogP contribution in [0.3, 0.4) is 0 Å². The standard InChI is InChI=1S/C14H18ClN3/c1-11-17-8-9-18(11)14-6-5-12(10-13(14)15)4-2-3-7-16/h5-6,8-10H,2-4,7,16H2,1H3. The lowest BCUT2D eigenvalue weighted by Gasteiger charge is -2.09. The Labute approximate surface area is 113 Å². The van der Waals surface area contributed by atoms with Gasteiger partial charge >= 0.3 is 0 Å². The van der Waals surface area contributed by atoms with Gasteiger partial charge in [-0.1, -0.05) is 17.7 Å². The first-order valence-electron chi connectivity index (χ1n) is 6.21. The van der Waals surface area contributed by atoms with E-state index in [1.54, 1.807) is 6.20 Å². The molecule has 0 aliphatic rings. The second kappa shape index (κ2) is 6.03. The number of aromatic nitrogens is 2. The first-order valence-corrected chi connectivity index (χ1v) is 6.59. The molecular formula is C14H18ClN3. The predicted molar refractivity (Wildman–Crippen MR) is 75.3 cm³/mol. The summed E-state index contributed by atoms with van der Waals surface area (Å²) in [7, 11) is 0. The fraction of sp³-hybridized carbons (Fsp3) is 0.357. The van der Waals surface area contributed by atoms with Gasteiger partial charge in [-0.15, -0.1) is 0 Å². The van der Waals surface area contributed by atoms with Crippen molar-refractivity contribution in [1.82, 2.24) is 9.55 Å². The number of imidazole rings is 1. The van der Waals surface area contributed by atoms with Gasteiger partial charge in [-0.25, -0.2) is 4.98 Å². The van der Waals surface area contributed by atoms with E-state index in [1.807, 2.05) is 23.8 Å². The number of aryl methyl sites for hydroxylation is 2. The Bertz CT molecular complexity index is 520. The monoisotopic (exact) mass is 263 g/mol. The third kappa shape index (κ3) is 2.92. The van der Waals surface area contributed by atoms with Gasteiger partial charge in [0.2, 0.25) is 0 Å². The van der Waals surface area contributed by atoms with E-state index >= 15 is 0 Å². The number of rotatable bonds is 5. The molecule has 96 valence electrons. The van der Waals surface area contributed by atoms with Crippen molar-refractivity contribution in [3.05, 3.63) is 47.0 Å². The van der Waals surface area contributed by atoms with Crippen LogP contribution in [0.5, 0.6) is 0 Å². The molecule has 0 amide bonds. The van der Waals surface area contributed by atoms with Gasteiger partial charge in [0, 0.05) is 12.4 Å². The van der Waals surface area contributed by atoms with E-state index in [2.05, 4.69) is 17.1 Å². The summed E-state index contributed by atoms with van der Waals surface area (Å²) in [6.45, 7) is 2.71. The minimum atomic E-state index is 0.750. The molecule has 0 saturated carbocycles. The SMILES string of the molecule is Cc1nccn1-c1ccc(CCCCN)cc1Cl. The van der Waals surface area contributed by atoms with E-state index < -0.39 is 0 Å². The normalized spacial score (nSPS) is 10.8. The smallest absolute Gasteiger partial charge is 0.110 e. The fourth-order valence-corrected chi connectivity index (χ4v) is 2.30. The highest BCUT2D eigenvalue weighted by Crippen LogP contribution is 2.23. The Kier molecular flexibility index (Phi) is 4.39. The molecule has 0 bridgehead atoms. The molecule has 0 atom stereocenters. The molecule has 2 rings (SSSR count). The van der Waals surface area contributed by atoms with E-state index in [0.717, 1.165) is 42.3 Å². The van der Waals surface area contributed by atoms with Crippen LogP contribution in [0.4, 0.5) is 0 Å². The minimum Gasteiger partial charge on any atom is -0.330 e. The summed E-state index contributed by atoms with van der Waals surface area (Å²) < 4.78 is 1.99. The van der Waals surface area contributed by atoms with Crippen LogP contribution in [0.15, 0.2) is 30.6 Å². The topological polar surface area (TPSA) is 43.8 Å². The van der Waals surface area contributed by atoms with Crippen LogP contribution in [-0.2, 0) is 6.42 Å². The molecule has 0 aliphatic heterocycles. The third-order valence-electron chi connectivity index (χ3n) is 3.02. The highest BCUT2D eigenvalue weighted by Gasteiger charge is 2.06. The van der Waals surface area contributed by atoms with Crippen LogP contribution in [-0.4, -0.2) is 16.1 Å². The lowest BCUT2D eigenvalue weighted by Crippen LogP contribution is -2.00. The lowest BCUT2D eigenvalue weighted by molar-refractivity contribution is 0.744. The maximum Gasteiger partial charge on any atom is 0.110 e. The van der Waals surface area contributed by atoms with Gasteiger partial charge < -0.3 is 10.3 Å². The zero-order valence-corrected chi connectivity index (χ0v) is 11.3. The minimum absolute atomic E-state index is 0.750. The number of nitrogens with zero attached hydrogens (tertiary/aromatic N) is 2. The number of hydrogen-bond acceptors (Lipinski definition) is 2. The summed E-state index contributed by atoms with van der Waals surface area (Å²) in [4.78, 5) is 4.21. The number of hydrogen-bond donors (Lipinski definition) is 1. The first kappa shape index (κ1) is 13.1. The van der Waals surface area contributed by atoms with Crippen LogP contribution in [0, 0.1) is 6.92 Å². The average Bonchev–Trinajstić information content (AvgIpc) is 2.76. The molecule has 0 aliphatic carbocycles. The second-order valence-electron chi connectivity index (χ2n) is 4.38. The van der Waals surface area contributed by atoms with Gasteiger partial charge in [0.15, 0.2) is 0 Å². The van der Waals surface area contributed by atoms with Gasteiger partial charge in [0.05, 0.1) is 10.7 Å². The number of nitrogens with two attached hydrogens (primary N) is 1. The lowest BCUT2D eigenvalue weighted by atomic mass is 10.1. The maximum atomic E-state index is 6.33. The van der Waals surface area contributed by atoms with E-state index in [-0.39, 0.29) is 0 Å². The Morgan fingerprint density at radius 1 is 1.33 bits per heavy atom. The van der Waals surface area contributed by atoms with Gasteiger partial charge in [-0.05, 0) is 50.4 Å². The Morgan fingerprint density at radius 3 is 2.78 bits per heavy atom. The van der Waals surface area contributed by atoms with E-state index in [0.29, 0.717) is 0 Å². The molecule has 2 N–H and O–H groups in total. The van der Waals surface area contributed by atoms with Crippen molar-refractivity contribution in [2.45, 2.75) is 26.2 Å². The van der Waals surface area contributed by atoms with Crippen molar-refractivity contribution in [2.75, 3.05) is 6.54 Å². The van der Waals surface area contributed by atoms with Crippen LogP contribution in [0.2, 0.25) is 5.02 Å². The zero-order valence-electron chi connectivity index (χ0n) is 10.6. The van der Waals surface area contributed by atoms with Crippen LogP contribution in [0.1, 0.15) is 24.2 Å². The molecular weight excluding hydrogens is 246 g/mol. The molecule has 1 heterocycles. The largest absolute Gasteiger partial charge is 0.330 e. The molecule has 0 radical (unpaired) electrons. The van der Waals surface area contributed by atoms with E-state index in [9.17, 15) is 0 Å². The highest BCUT2D eigenvalue weighted by molar-refractivity contribution is 6.32. The Hall–Kier alpha value is -1.32. The molecule has 1 aromatic heterocycles. The highest BCUT2D eigenvalue weighted by atomic mass is 35.5. The van der Waals surface area contributed by atoms with E-state index in [1.165, 1.54) is 5.56 Å². The maximum absolute atomic E-state index is 6.33. The summed E-state index contributed by atoms with van der Waals surface area (Å²) in [6.07, 6.45) is 6.89. The number of benzene rings is 1. The molecule has 3 nitrogen and oxygen atoms in total. The average molecular weight is 264 g/mol. The molecule has 2 aromatic rings. The quantitative estimate of drug-likeness (QED) is 0.843. The summed E-state index contributed by atoms with van der Waals surface area (Å²) in [5, 5.41) is 0.765. The van der Waals surface area contributed by atoms with Crippen LogP contribution >= 0.6 is 11.6 Å². The van der Waals surface area contributed by atoms with Crippen molar-refractivity contribution in [3.63, 3.8) is 0 Å². The van der Waals surface area contributed by atoms with Crippen LogP contribution in [0.25, 0.3) is 5.69 Å². The third-order valence-corrected chi connectivity index (χ3v) is 3.32. The summed E-state index contributed by atoms with van der Waals surface area (Å²) >= 11 is 6.33. The molecule has 0 spiro atoms. The van der Waals surface area contributed by atoms with Gasteiger partial charge in [-0.2, -0.15) is 0 Å². The second-order valence-corrected chi connectivity index (χ2v) is 4.78. The molecule has 1 aromatic carbocycles. The fourth-order valence-electron chi connectivity index (χ4n) is 2.01. The summed E-state index contributed by atoms with van der Waals surface area (Å²) in [6, 6.07) is 6.21. The van der Waals surface area contributed by atoms with Gasteiger partial charge in [0.1, 0.15) is 5.82 Å². The molecule has 0 saturated heterocycles. The summed E-state index contributed by atoms with van der Waals surface area (Å²) in [5.41, 5.74) is 7.73. The van der Waals surface area contributed by atoms with Crippen molar-refractivity contribution in [2.24, 2.45) is 5.73 Å². The van der Waals surface area contributed by atoms with Gasteiger partial charge in [-0.3, -0.25) is 0 Å². The summed E-state index contributed by atoms with van der Waals surface area (Å²) in [5.74, 6) is 0.938. The number of halogens is 1. The van der Waals surface area contributed by atoms with Crippen molar-refractivity contribution in [1.29, 1.82) is 0 Å². The Morgan fingerprint density at radius 2 is 2.17 bits per heavy atom. The number of unbranched alkanes of at least 4 members (excludes halogenated alkanes) is 1. The zero-order chi connectivity index (χ0) is 13.0. The van der Waals surface area contributed by atoms with Gasteiger partial charge in [0.25, 0.3) is 0 Å².